The van der Waals surface area contributed by atoms with Gasteiger partial charge in [-0.05, 0) is 17.3 Å². The molecule has 1 heterocycles. The van der Waals surface area contributed by atoms with Crippen LogP contribution in [0.4, 0.5) is 0 Å². The molecule has 1 aliphatic rings. The van der Waals surface area contributed by atoms with E-state index in [1.165, 1.54) is 6.42 Å². The van der Waals surface area contributed by atoms with Crippen molar-refractivity contribution in [2.24, 2.45) is 10.8 Å². The van der Waals surface area contributed by atoms with Crippen LogP contribution >= 0.6 is 0 Å². The van der Waals surface area contributed by atoms with Gasteiger partial charge in [-0.2, -0.15) is 0 Å². The van der Waals surface area contributed by atoms with E-state index < -0.39 is 0 Å². The highest BCUT2D eigenvalue weighted by Crippen LogP contribution is 2.41. The lowest BCUT2D eigenvalue weighted by Gasteiger charge is -2.41. The van der Waals surface area contributed by atoms with Crippen molar-refractivity contribution in [3.63, 3.8) is 0 Å². The van der Waals surface area contributed by atoms with E-state index in [-0.39, 0.29) is 0 Å². The van der Waals surface area contributed by atoms with Crippen molar-refractivity contribution in [1.82, 2.24) is 5.32 Å². The smallest absolute Gasteiger partial charge is 0.0135 e. The van der Waals surface area contributed by atoms with E-state index in [1.54, 1.807) is 0 Å². The Hall–Kier alpha value is -0.300. The van der Waals surface area contributed by atoms with Gasteiger partial charge in [-0.25, -0.2) is 0 Å². The van der Waals surface area contributed by atoms with Crippen molar-refractivity contribution in [2.75, 3.05) is 13.1 Å². The van der Waals surface area contributed by atoms with Crippen LogP contribution in [0.2, 0.25) is 0 Å². The van der Waals surface area contributed by atoms with Gasteiger partial charge in [0.25, 0.3) is 0 Å². The molecule has 0 bridgehead atoms. The van der Waals surface area contributed by atoms with Gasteiger partial charge in [-0.15, -0.1) is 0 Å². The molecule has 0 aromatic carbocycles. The van der Waals surface area contributed by atoms with Crippen LogP contribution in [0, 0.1) is 10.8 Å². The van der Waals surface area contributed by atoms with Gasteiger partial charge in [0.2, 0.25) is 0 Å². The molecule has 0 saturated carbocycles. The molecule has 0 amide bonds. The number of rotatable bonds is 0. The molecule has 0 saturated heterocycles. The Morgan fingerprint density at radius 1 is 1.25 bits per heavy atom. The summed E-state index contributed by atoms with van der Waals surface area (Å²) < 4.78 is 0. The predicted molar refractivity (Wildman–Crippen MR) is 54.2 cm³/mol. The fourth-order valence-electron chi connectivity index (χ4n) is 1.50. The van der Waals surface area contributed by atoms with Crippen LogP contribution in [0.3, 0.4) is 0 Å². The molecule has 1 unspecified atom stereocenters. The topological polar surface area (TPSA) is 12.0 Å². The normalized spacial score (nSPS) is 31.7. The minimum Gasteiger partial charge on any atom is -0.313 e. The van der Waals surface area contributed by atoms with Crippen LogP contribution in [0.25, 0.3) is 0 Å². The maximum Gasteiger partial charge on any atom is 0.0135 e. The summed E-state index contributed by atoms with van der Waals surface area (Å²) in [5.74, 6) is 0. The Labute approximate surface area is 76.2 Å². The summed E-state index contributed by atoms with van der Waals surface area (Å²) in [5, 5.41) is 3.46. The molecule has 1 aliphatic heterocycles. The number of hydrogen-bond acceptors (Lipinski definition) is 1. The molecule has 1 atom stereocenters. The average molecular weight is 167 g/mol. The summed E-state index contributed by atoms with van der Waals surface area (Å²) >= 11 is 0. The Morgan fingerprint density at radius 2 is 1.92 bits per heavy atom. The van der Waals surface area contributed by atoms with Crippen molar-refractivity contribution in [3.8, 4) is 0 Å². The fraction of sp³-hybridized carbons (Fsp3) is 0.818. The molecule has 12 heavy (non-hydrogen) atoms. The molecule has 70 valence electrons. The lowest BCUT2D eigenvalue weighted by atomic mass is 9.66. The van der Waals surface area contributed by atoms with Crippen molar-refractivity contribution >= 4 is 0 Å². The highest BCUT2D eigenvalue weighted by Gasteiger charge is 2.36. The van der Waals surface area contributed by atoms with Crippen molar-refractivity contribution in [3.05, 3.63) is 12.2 Å². The van der Waals surface area contributed by atoms with E-state index >= 15 is 0 Å². The second kappa shape index (κ2) is 3.21. The third-order valence-electron chi connectivity index (χ3n) is 3.32. The summed E-state index contributed by atoms with van der Waals surface area (Å²) in [7, 11) is 0. The minimum atomic E-state index is 0.384. The molecule has 0 aliphatic carbocycles. The highest BCUT2D eigenvalue weighted by molar-refractivity contribution is 4.99. The molecule has 1 nitrogen and oxygen atoms in total. The van der Waals surface area contributed by atoms with Crippen molar-refractivity contribution in [2.45, 2.75) is 34.1 Å². The van der Waals surface area contributed by atoms with Gasteiger partial charge in [0.1, 0.15) is 0 Å². The molecule has 0 spiro atoms. The molecule has 1 rings (SSSR count). The standard InChI is InChI=1S/C11H21N/c1-10(2,3)11(4)7-5-6-8-12-9-11/h5-6,12H,7-9H2,1-4H3. The van der Waals surface area contributed by atoms with Gasteiger partial charge in [0.05, 0.1) is 0 Å². The third-order valence-corrected chi connectivity index (χ3v) is 3.32. The summed E-state index contributed by atoms with van der Waals surface area (Å²) in [6, 6.07) is 0. The van der Waals surface area contributed by atoms with E-state index in [1.807, 2.05) is 0 Å². The number of hydrogen-bond donors (Lipinski definition) is 1. The largest absolute Gasteiger partial charge is 0.313 e. The van der Waals surface area contributed by atoms with Gasteiger partial charge in [0.15, 0.2) is 0 Å². The Bertz CT molecular complexity index is 176. The van der Waals surface area contributed by atoms with Crippen LogP contribution in [0.1, 0.15) is 34.1 Å². The number of nitrogens with one attached hydrogen (secondary N) is 1. The van der Waals surface area contributed by atoms with Gasteiger partial charge < -0.3 is 5.32 Å². The molecular weight excluding hydrogens is 146 g/mol. The maximum absolute atomic E-state index is 3.46. The van der Waals surface area contributed by atoms with E-state index in [9.17, 15) is 0 Å². The van der Waals surface area contributed by atoms with Crippen LogP contribution in [0.15, 0.2) is 12.2 Å². The molecule has 1 heteroatoms. The van der Waals surface area contributed by atoms with E-state index in [0.29, 0.717) is 10.8 Å². The first-order valence-electron chi connectivity index (χ1n) is 4.81. The summed E-state index contributed by atoms with van der Waals surface area (Å²) in [6.07, 6.45) is 5.74. The lowest BCUT2D eigenvalue weighted by molar-refractivity contribution is 0.113. The van der Waals surface area contributed by atoms with Crippen molar-refractivity contribution in [1.29, 1.82) is 0 Å². The molecule has 1 N–H and O–H groups in total. The lowest BCUT2D eigenvalue weighted by Crippen LogP contribution is -2.40. The molecule has 0 radical (unpaired) electrons. The first-order chi connectivity index (χ1) is 5.46. The van der Waals surface area contributed by atoms with Gasteiger partial charge in [0, 0.05) is 13.1 Å². The monoisotopic (exact) mass is 167 g/mol. The molecule has 0 aromatic rings. The average Bonchev–Trinajstić information content (AvgIpc) is 2.12. The Kier molecular flexibility index (Phi) is 2.62. The maximum atomic E-state index is 3.46. The fourth-order valence-corrected chi connectivity index (χ4v) is 1.50. The Balaban J connectivity index is 2.75. The van der Waals surface area contributed by atoms with Gasteiger partial charge >= 0.3 is 0 Å². The molecular formula is C11H21N. The summed E-state index contributed by atoms with van der Waals surface area (Å²) in [6.45, 7) is 11.5. The first-order valence-corrected chi connectivity index (χ1v) is 4.81. The van der Waals surface area contributed by atoms with E-state index in [2.05, 4.69) is 45.2 Å². The SMILES string of the molecule is CC(C)(C)C1(C)CC=CCNC1. The Morgan fingerprint density at radius 3 is 2.50 bits per heavy atom. The van der Waals surface area contributed by atoms with Crippen LogP contribution < -0.4 is 5.32 Å². The van der Waals surface area contributed by atoms with Gasteiger partial charge in [-0.3, -0.25) is 0 Å². The van der Waals surface area contributed by atoms with Crippen LogP contribution in [-0.4, -0.2) is 13.1 Å². The first kappa shape index (κ1) is 9.79. The van der Waals surface area contributed by atoms with Crippen molar-refractivity contribution < 1.29 is 0 Å². The summed E-state index contributed by atoms with van der Waals surface area (Å²) in [4.78, 5) is 0. The zero-order valence-corrected chi connectivity index (χ0v) is 8.78. The predicted octanol–water partition coefficient (Wildman–Crippen LogP) is 2.59. The minimum absolute atomic E-state index is 0.384. The second-order valence-corrected chi connectivity index (χ2v) is 5.12. The third kappa shape index (κ3) is 1.89. The second-order valence-electron chi connectivity index (χ2n) is 5.12. The van der Waals surface area contributed by atoms with Crippen LogP contribution in [-0.2, 0) is 0 Å². The van der Waals surface area contributed by atoms with E-state index in [4.69, 9.17) is 0 Å². The van der Waals surface area contributed by atoms with Crippen LogP contribution in [0.5, 0.6) is 0 Å². The number of allylic oxidation sites excluding steroid dienone is 1. The quantitative estimate of drug-likeness (QED) is 0.547. The molecule has 0 aromatic heterocycles. The molecule has 0 fully saturated rings. The highest BCUT2D eigenvalue weighted by atomic mass is 14.9. The van der Waals surface area contributed by atoms with Gasteiger partial charge in [-0.1, -0.05) is 39.8 Å². The zero-order chi connectivity index (χ0) is 9.24. The zero-order valence-electron chi connectivity index (χ0n) is 8.78. The summed E-state index contributed by atoms with van der Waals surface area (Å²) in [5.41, 5.74) is 0.786. The van der Waals surface area contributed by atoms with E-state index in [0.717, 1.165) is 13.1 Å².